The van der Waals surface area contributed by atoms with E-state index in [1.54, 1.807) is 19.3 Å². The molecule has 37 valence electrons. The van der Waals surface area contributed by atoms with Gasteiger partial charge in [0.05, 0.1) is 6.07 Å². The number of rotatable bonds is 2. The molecule has 0 aromatic rings. The largest absolute Gasteiger partial charge is 0.289 e. The SMILES string of the molecule is CCC([C]=O)C#N. The molecule has 0 saturated heterocycles. The second-order valence-electron chi connectivity index (χ2n) is 1.21. The lowest BCUT2D eigenvalue weighted by atomic mass is 10.1. The molecule has 0 rings (SSSR count). The molecule has 2 nitrogen and oxygen atoms in total. The molecule has 2 heteroatoms. The number of nitrogens with zero attached hydrogens (tertiary/aromatic N) is 1. The molecule has 1 radical (unpaired) electrons. The maximum atomic E-state index is 9.62. The molecule has 0 bridgehead atoms. The molecular weight excluding hydrogens is 90.1 g/mol. The van der Waals surface area contributed by atoms with E-state index in [1.165, 1.54) is 0 Å². The maximum Gasteiger partial charge on any atom is 0.216 e. The van der Waals surface area contributed by atoms with E-state index in [4.69, 9.17) is 5.26 Å². The lowest BCUT2D eigenvalue weighted by Gasteiger charge is -1.84. The molecule has 0 heterocycles. The van der Waals surface area contributed by atoms with Gasteiger partial charge in [-0.15, -0.1) is 0 Å². The van der Waals surface area contributed by atoms with Gasteiger partial charge < -0.3 is 0 Å². The number of hydrogen-bond acceptors (Lipinski definition) is 2. The van der Waals surface area contributed by atoms with E-state index in [0.717, 1.165) is 0 Å². The van der Waals surface area contributed by atoms with Gasteiger partial charge in [-0.1, -0.05) is 6.92 Å². The van der Waals surface area contributed by atoms with Crippen LogP contribution in [-0.2, 0) is 4.79 Å². The van der Waals surface area contributed by atoms with E-state index in [0.29, 0.717) is 6.42 Å². The molecule has 0 aliphatic heterocycles. The van der Waals surface area contributed by atoms with Crippen LogP contribution in [-0.4, -0.2) is 6.29 Å². The van der Waals surface area contributed by atoms with Crippen molar-refractivity contribution in [3.05, 3.63) is 0 Å². The van der Waals surface area contributed by atoms with Crippen LogP contribution in [0.4, 0.5) is 0 Å². The van der Waals surface area contributed by atoms with Gasteiger partial charge in [0.25, 0.3) is 0 Å². The molecule has 7 heavy (non-hydrogen) atoms. The Morgan fingerprint density at radius 2 is 2.43 bits per heavy atom. The topological polar surface area (TPSA) is 40.9 Å². The van der Waals surface area contributed by atoms with Crippen LogP contribution in [0.3, 0.4) is 0 Å². The van der Waals surface area contributed by atoms with E-state index >= 15 is 0 Å². The van der Waals surface area contributed by atoms with Gasteiger partial charge in [0.2, 0.25) is 6.29 Å². The number of nitriles is 1. The minimum Gasteiger partial charge on any atom is -0.289 e. The molecule has 0 amide bonds. The fourth-order valence-electron chi connectivity index (χ4n) is 0.201. The van der Waals surface area contributed by atoms with E-state index in [9.17, 15) is 4.79 Å². The van der Waals surface area contributed by atoms with Crippen LogP contribution in [0.5, 0.6) is 0 Å². The monoisotopic (exact) mass is 96.0 g/mol. The van der Waals surface area contributed by atoms with Crippen molar-refractivity contribution in [2.24, 2.45) is 5.92 Å². The van der Waals surface area contributed by atoms with E-state index in [-0.39, 0.29) is 0 Å². The second kappa shape index (κ2) is 3.35. The first-order valence-corrected chi connectivity index (χ1v) is 2.12. The molecule has 0 aromatic carbocycles. The Hall–Kier alpha value is -0.840. The Balaban J connectivity index is 3.43. The Morgan fingerprint density at radius 3 is 2.43 bits per heavy atom. The normalized spacial score (nSPS) is 12.0. The molecule has 1 atom stereocenters. The summed E-state index contributed by atoms with van der Waals surface area (Å²) in [4.78, 5) is 9.62. The lowest BCUT2D eigenvalue weighted by molar-refractivity contribution is 0.537. The Labute approximate surface area is 42.8 Å². The van der Waals surface area contributed by atoms with Gasteiger partial charge in [0.15, 0.2) is 0 Å². The average Bonchev–Trinajstić information content (AvgIpc) is 1.72. The number of hydrogen-bond donors (Lipinski definition) is 0. The second-order valence-corrected chi connectivity index (χ2v) is 1.21. The molecular formula is C5H6NO. The average molecular weight is 96.1 g/mol. The molecule has 0 N–H and O–H groups in total. The van der Waals surface area contributed by atoms with E-state index < -0.39 is 5.92 Å². The highest BCUT2D eigenvalue weighted by atomic mass is 16.1. The summed E-state index contributed by atoms with van der Waals surface area (Å²) in [5.74, 6) is -0.514. The summed E-state index contributed by atoms with van der Waals surface area (Å²) in [5, 5.41) is 8.01. The predicted molar refractivity (Wildman–Crippen MR) is 25.1 cm³/mol. The van der Waals surface area contributed by atoms with Gasteiger partial charge >= 0.3 is 0 Å². The fourth-order valence-corrected chi connectivity index (χ4v) is 0.201. The summed E-state index contributed by atoms with van der Waals surface area (Å²) < 4.78 is 0. The van der Waals surface area contributed by atoms with E-state index in [1.807, 2.05) is 0 Å². The quantitative estimate of drug-likeness (QED) is 0.506. The number of carbonyl (C=O) groups excluding carboxylic acids is 1. The van der Waals surface area contributed by atoms with Crippen LogP contribution in [0.25, 0.3) is 0 Å². The first kappa shape index (κ1) is 6.16. The zero-order valence-corrected chi connectivity index (χ0v) is 4.14. The van der Waals surface area contributed by atoms with Crippen molar-refractivity contribution < 1.29 is 4.79 Å². The van der Waals surface area contributed by atoms with Crippen molar-refractivity contribution in [3.63, 3.8) is 0 Å². The first-order chi connectivity index (χ1) is 3.35. The van der Waals surface area contributed by atoms with Crippen molar-refractivity contribution in [2.75, 3.05) is 0 Å². The highest BCUT2D eigenvalue weighted by molar-refractivity contribution is 5.58. The predicted octanol–water partition coefficient (Wildman–Crippen LogP) is 0.646. The smallest absolute Gasteiger partial charge is 0.216 e. The van der Waals surface area contributed by atoms with Crippen LogP contribution in [0.1, 0.15) is 13.3 Å². The van der Waals surface area contributed by atoms with Crippen molar-refractivity contribution in [3.8, 4) is 6.07 Å². The summed E-state index contributed by atoms with van der Waals surface area (Å²) in [6, 6.07) is 1.78. The first-order valence-electron chi connectivity index (χ1n) is 2.12. The zero-order valence-electron chi connectivity index (χ0n) is 4.14. The standard InChI is InChI=1S/C5H6NO/c1-2-5(3-6)4-7/h5H,2H2,1H3. The molecule has 0 aromatic heterocycles. The lowest BCUT2D eigenvalue weighted by Crippen LogP contribution is -1.93. The summed E-state index contributed by atoms with van der Waals surface area (Å²) >= 11 is 0. The maximum absolute atomic E-state index is 9.62. The molecule has 0 aliphatic carbocycles. The Morgan fingerprint density at radius 1 is 1.86 bits per heavy atom. The minimum absolute atomic E-state index is 0.514. The van der Waals surface area contributed by atoms with Gasteiger partial charge in [0.1, 0.15) is 5.92 Å². The van der Waals surface area contributed by atoms with Crippen LogP contribution in [0, 0.1) is 17.2 Å². The van der Waals surface area contributed by atoms with Gasteiger partial charge in [-0.25, -0.2) is 0 Å². The highest BCUT2D eigenvalue weighted by Gasteiger charge is 1.99. The summed E-state index contributed by atoms with van der Waals surface area (Å²) in [5.41, 5.74) is 0. The molecule has 0 fully saturated rings. The van der Waals surface area contributed by atoms with Crippen molar-refractivity contribution in [1.29, 1.82) is 5.26 Å². The fraction of sp³-hybridized carbons (Fsp3) is 0.600. The highest BCUT2D eigenvalue weighted by Crippen LogP contribution is 1.92. The third kappa shape index (κ3) is 1.94. The molecule has 0 aliphatic rings. The zero-order chi connectivity index (χ0) is 5.70. The van der Waals surface area contributed by atoms with Crippen molar-refractivity contribution in [1.82, 2.24) is 0 Å². The van der Waals surface area contributed by atoms with Gasteiger partial charge in [-0.2, -0.15) is 5.26 Å². The van der Waals surface area contributed by atoms with Gasteiger partial charge in [-0.3, -0.25) is 4.79 Å². The van der Waals surface area contributed by atoms with Crippen LogP contribution >= 0.6 is 0 Å². The summed E-state index contributed by atoms with van der Waals surface area (Å²) in [6.45, 7) is 1.78. The molecule has 0 spiro atoms. The van der Waals surface area contributed by atoms with Gasteiger partial charge in [-0.05, 0) is 6.42 Å². The minimum atomic E-state index is -0.514. The molecule has 1 unspecified atom stereocenters. The van der Waals surface area contributed by atoms with Crippen LogP contribution < -0.4 is 0 Å². The van der Waals surface area contributed by atoms with E-state index in [2.05, 4.69) is 0 Å². The summed E-state index contributed by atoms with van der Waals surface area (Å²) in [7, 11) is 0. The Kier molecular flexibility index (Phi) is 2.95. The summed E-state index contributed by atoms with van der Waals surface area (Å²) in [6.07, 6.45) is 2.16. The van der Waals surface area contributed by atoms with Crippen molar-refractivity contribution in [2.45, 2.75) is 13.3 Å². The Bertz CT molecular complexity index is 92.7. The molecule has 0 saturated carbocycles. The third-order valence-electron chi connectivity index (χ3n) is 0.706. The third-order valence-corrected chi connectivity index (χ3v) is 0.706. The van der Waals surface area contributed by atoms with Crippen LogP contribution in [0.2, 0.25) is 0 Å². The van der Waals surface area contributed by atoms with Gasteiger partial charge in [0, 0.05) is 0 Å². The van der Waals surface area contributed by atoms with Crippen LogP contribution in [0.15, 0.2) is 0 Å². The van der Waals surface area contributed by atoms with Crippen molar-refractivity contribution >= 4 is 6.29 Å².